The molecular formula is C21H23N3O5. The van der Waals surface area contributed by atoms with Gasteiger partial charge in [-0.2, -0.15) is 0 Å². The van der Waals surface area contributed by atoms with E-state index in [1.54, 1.807) is 0 Å². The number of benzene rings is 2. The number of nitrogens with one attached hydrogen (secondary N) is 2. The zero-order valence-electron chi connectivity index (χ0n) is 16.3. The first-order valence-corrected chi connectivity index (χ1v) is 9.18. The molecule has 8 heteroatoms. The second-order valence-corrected chi connectivity index (χ2v) is 6.81. The summed E-state index contributed by atoms with van der Waals surface area (Å²) in [5.74, 6) is -2.21. The van der Waals surface area contributed by atoms with Gasteiger partial charge in [0, 0.05) is 31.5 Å². The molecule has 152 valence electrons. The largest absolute Gasteiger partial charge is 0.465 e. The Hall–Kier alpha value is -3.39. The maximum atomic E-state index is 12.0. The van der Waals surface area contributed by atoms with Gasteiger partial charge in [0.15, 0.2) is 0 Å². The highest BCUT2D eigenvalue weighted by molar-refractivity contribution is 6.39. The number of hydrogen-bond acceptors (Lipinski definition) is 6. The first-order valence-electron chi connectivity index (χ1n) is 9.18. The molecule has 3 N–H and O–H groups in total. The number of likely N-dealkylation sites (N-methyl/N-ethyl adjacent to an activating group) is 1. The number of aliphatic hydroxyl groups excluding tert-OH is 1. The van der Waals surface area contributed by atoms with Crippen LogP contribution in [0.1, 0.15) is 27.6 Å². The van der Waals surface area contributed by atoms with Gasteiger partial charge in [0.05, 0.1) is 18.8 Å². The summed E-state index contributed by atoms with van der Waals surface area (Å²) in [6.07, 6.45) is -0.00192. The van der Waals surface area contributed by atoms with Crippen molar-refractivity contribution in [2.75, 3.05) is 37.5 Å². The Morgan fingerprint density at radius 1 is 1.14 bits per heavy atom. The van der Waals surface area contributed by atoms with Gasteiger partial charge >= 0.3 is 17.8 Å². The average molecular weight is 397 g/mol. The van der Waals surface area contributed by atoms with E-state index in [1.165, 1.54) is 31.4 Å². The first kappa shape index (κ1) is 20.3. The monoisotopic (exact) mass is 397 g/mol. The molecule has 0 saturated carbocycles. The van der Waals surface area contributed by atoms with E-state index in [-0.39, 0.29) is 6.54 Å². The number of methoxy groups -OCH3 is 1. The number of anilines is 2. The Labute approximate surface area is 168 Å². The smallest absolute Gasteiger partial charge is 0.337 e. The van der Waals surface area contributed by atoms with E-state index < -0.39 is 23.9 Å². The number of amides is 2. The molecule has 2 amide bonds. The highest BCUT2D eigenvalue weighted by Crippen LogP contribution is 2.29. The van der Waals surface area contributed by atoms with Crippen molar-refractivity contribution in [2.24, 2.45) is 0 Å². The fraction of sp³-hybridized carbons (Fsp3) is 0.286. The van der Waals surface area contributed by atoms with Crippen LogP contribution < -0.4 is 15.5 Å². The van der Waals surface area contributed by atoms with Gasteiger partial charge in [-0.3, -0.25) is 9.59 Å². The molecule has 3 rings (SSSR count). The van der Waals surface area contributed by atoms with Crippen LogP contribution in [0.25, 0.3) is 0 Å². The number of nitrogens with zero attached hydrogens (tertiary/aromatic N) is 1. The molecule has 8 nitrogen and oxygen atoms in total. The summed E-state index contributed by atoms with van der Waals surface area (Å²) in [5.41, 5.74) is 3.68. The van der Waals surface area contributed by atoms with Crippen LogP contribution in [0, 0.1) is 0 Å². The van der Waals surface area contributed by atoms with Crippen LogP contribution in [0.15, 0.2) is 42.5 Å². The van der Waals surface area contributed by atoms with Crippen molar-refractivity contribution in [3.05, 3.63) is 59.2 Å². The van der Waals surface area contributed by atoms with E-state index in [0.29, 0.717) is 16.8 Å². The van der Waals surface area contributed by atoms with Crippen LogP contribution in [0.5, 0.6) is 0 Å². The molecule has 1 unspecified atom stereocenters. The standard InChI is InChI=1S/C21H23N3O5/c1-24-10-9-14-11-15(5-8-17(14)24)18(25)12-22-19(26)20(27)23-16-6-3-13(4-7-16)21(28)29-2/h3-8,11,18,25H,9-10,12H2,1-2H3,(H,22,26)(H,23,27). The van der Waals surface area contributed by atoms with Gasteiger partial charge in [0.2, 0.25) is 0 Å². The van der Waals surface area contributed by atoms with Crippen molar-refractivity contribution in [3.8, 4) is 0 Å². The van der Waals surface area contributed by atoms with Crippen molar-refractivity contribution < 1.29 is 24.2 Å². The van der Waals surface area contributed by atoms with Crippen LogP contribution in [-0.2, 0) is 20.7 Å². The number of esters is 1. The van der Waals surface area contributed by atoms with E-state index >= 15 is 0 Å². The lowest BCUT2D eigenvalue weighted by Gasteiger charge is -2.15. The molecule has 0 radical (unpaired) electrons. The van der Waals surface area contributed by atoms with Crippen LogP contribution in [0.4, 0.5) is 11.4 Å². The highest BCUT2D eigenvalue weighted by Gasteiger charge is 2.20. The van der Waals surface area contributed by atoms with E-state index in [9.17, 15) is 19.5 Å². The summed E-state index contributed by atoms with van der Waals surface area (Å²) < 4.78 is 4.60. The maximum Gasteiger partial charge on any atom is 0.337 e. The molecule has 29 heavy (non-hydrogen) atoms. The van der Waals surface area contributed by atoms with Gasteiger partial charge in [0.1, 0.15) is 0 Å². The summed E-state index contributed by atoms with van der Waals surface area (Å²) in [4.78, 5) is 37.6. The zero-order valence-corrected chi connectivity index (χ0v) is 16.3. The fourth-order valence-corrected chi connectivity index (χ4v) is 3.18. The lowest BCUT2D eigenvalue weighted by Crippen LogP contribution is -2.37. The summed E-state index contributed by atoms with van der Waals surface area (Å²) >= 11 is 0. The molecule has 2 aromatic carbocycles. The fourth-order valence-electron chi connectivity index (χ4n) is 3.18. The molecule has 0 fully saturated rings. The number of rotatable bonds is 5. The minimum Gasteiger partial charge on any atom is -0.465 e. The number of ether oxygens (including phenoxy) is 1. The van der Waals surface area contributed by atoms with Crippen molar-refractivity contribution >= 4 is 29.2 Å². The molecule has 1 aliphatic heterocycles. The van der Waals surface area contributed by atoms with Gasteiger partial charge in [0.25, 0.3) is 0 Å². The number of carbonyl (C=O) groups excluding carboxylic acids is 3. The maximum absolute atomic E-state index is 12.0. The molecule has 1 heterocycles. The second kappa shape index (κ2) is 8.74. The lowest BCUT2D eigenvalue weighted by molar-refractivity contribution is -0.136. The van der Waals surface area contributed by atoms with Crippen molar-refractivity contribution in [3.63, 3.8) is 0 Å². The van der Waals surface area contributed by atoms with Gasteiger partial charge in [-0.25, -0.2) is 4.79 Å². The molecule has 0 aliphatic carbocycles. The van der Waals surface area contributed by atoms with E-state index in [2.05, 4.69) is 20.3 Å². The second-order valence-electron chi connectivity index (χ2n) is 6.81. The minimum absolute atomic E-state index is 0.0812. The summed E-state index contributed by atoms with van der Waals surface area (Å²) in [7, 11) is 3.29. The quantitative estimate of drug-likeness (QED) is 0.518. The third-order valence-electron chi connectivity index (χ3n) is 4.84. The summed E-state index contributed by atoms with van der Waals surface area (Å²) in [6, 6.07) is 11.6. The molecule has 0 bridgehead atoms. The Morgan fingerprint density at radius 3 is 2.55 bits per heavy atom. The number of carbonyl (C=O) groups is 3. The van der Waals surface area contributed by atoms with Crippen LogP contribution in [0.3, 0.4) is 0 Å². The molecule has 0 spiro atoms. The molecule has 0 aromatic heterocycles. The van der Waals surface area contributed by atoms with Crippen LogP contribution >= 0.6 is 0 Å². The van der Waals surface area contributed by atoms with Crippen molar-refractivity contribution in [1.29, 1.82) is 0 Å². The minimum atomic E-state index is -0.915. The topological polar surface area (TPSA) is 108 Å². The third-order valence-corrected chi connectivity index (χ3v) is 4.84. The Morgan fingerprint density at radius 2 is 1.86 bits per heavy atom. The molecule has 1 aliphatic rings. The third kappa shape index (κ3) is 4.72. The predicted molar refractivity (Wildman–Crippen MR) is 108 cm³/mol. The van der Waals surface area contributed by atoms with Crippen molar-refractivity contribution in [2.45, 2.75) is 12.5 Å². The first-order chi connectivity index (χ1) is 13.9. The number of fused-ring (bicyclic) bond motifs is 1. The predicted octanol–water partition coefficient (Wildman–Crippen LogP) is 1.25. The highest BCUT2D eigenvalue weighted by atomic mass is 16.5. The molecule has 0 saturated heterocycles. The SMILES string of the molecule is COC(=O)c1ccc(NC(=O)C(=O)NCC(O)c2ccc3c(c2)CCN3C)cc1. The summed E-state index contributed by atoms with van der Waals surface area (Å²) in [5, 5.41) is 15.2. The van der Waals surface area contributed by atoms with E-state index in [0.717, 1.165) is 24.2 Å². The molecular weight excluding hydrogens is 374 g/mol. The molecule has 2 aromatic rings. The number of hydrogen-bond donors (Lipinski definition) is 3. The van der Waals surface area contributed by atoms with Gasteiger partial charge in [-0.1, -0.05) is 12.1 Å². The Balaban J connectivity index is 1.52. The average Bonchev–Trinajstić information content (AvgIpc) is 3.11. The van der Waals surface area contributed by atoms with E-state index in [1.807, 2.05) is 25.2 Å². The Kier molecular flexibility index (Phi) is 6.13. The Bertz CT molecular complexity index is 926. The van der Waals surface area contributed by atoms with Gasteiger partial charge in [-0.05, 0) is 47.9 Å². The van der Waals surface area contributed by atoms with Gasteiger partial charge < -0.3 is 25.4 Å². The normalized spacial score (nSPS) is 13.4. The van der Waals surface area contributed by atoms with Gasteiger partial charge in [-0.15, -0.1) is 0 Å². The van der Waals surface area contributed by atoms with E-state index in [4.69, 9.17) is 0 Å². The van der Waals surface area contributed by atoms with Crippen molar-refractivity contribution in [1.82, 2.24) is 5.32 Å². The summed E-state index contributed by atoms with van der Waals surface area (Å²) in [6.45, 7) is 0.856. The molecule has 1 atom stereocenters. The van der Waals surface area contributed by atoms with Crippen LogP contribution in [-0.4, -0.2) is 50.1 Å². The number of aliphatic hydroxyl groups is 1. The zero-order chi connectivity index (χ0) is 21.0. The van der Waals surface area contributed by atoms with Crippen LogP contribution in [0.2, 0.25) is 0 Å². The lowest BCUT2D eigenvalue weighted by atomic mass is 10.0.